The van der Waals surface area contributed by atoms with Crippen LogP contribution in [0.15, 0.2) is 23.1 Å². The molecule has 1 fully saturated rings. The molecule has 0 saturated heterocycles. The van der Waals surface area contributed by atoms with Crippen LogP contribution >= 0.6 is 11.8 Å². The van der Waals surface area contributed by atoms with Crippen molar-refractivity contribution in [2.24, 2.45) is 5.41 Å². The molecule has 1 saturated carbocycles. The normalized spacial score (nSPS) is 16.8. The third-order valence-electron chi connectivity index (χ3n) is 3.14. The van der Waals surface area contributed by atoms with Gasteiger partial charge in [-0.3, -0.25) is 0 Å². The first kappa shape index (κ1) is 11.3. The number of thioether (sulfide) groups is 1. The number of nitrogens with two attached hydrogens (primary N) is 1. The van der Waals surface area contributed by atoms with Gasteiger partial charge in [0.2, 0.25) is 0 Å². The van der Waals surface area contributed by atoms with E-state index >= 15 is 0 Å². The van der Waals surface area contributed by atoms with Crippen LogP contribution < -0.4 is 5.73 Å². The minimum Gasteiger partial charge on any atom is -0.399 e. The monoisotopic (exact) mass is 232 g/mol. The lowest BCUT2D eigenvalue weighted by Crippen LogP contribution is -2.02. The van der Waals surface area contributed by atoms with Gasteiger partial charge in [0.15, 0.2) is 0 Å². The Kier molecular flexibility index (Phi) is 3.11. The third kappa shape index (κ3) is 2.51. The Morgan fingerprint density at radius 1 is 1.50 bits per heavy atom. The largest absolute Gasteiger partial charge is 0.399 e. The van der Waals surface area contributed by atoms with E-state index in [1.165, 1.54) is 23.3 Å². The van der Waals surface area contributed by atoms with Crippen molar-refractivity contribution >= 4 is 17.4 Å². The summed E-state index contributed by atoms with van der Waals surface area (Å²) in [5, 5.41) is 8.75. The van der Waals surface area contributed by atoms with Crippen molar-refractivity contribution in [3.05, 3.63) is 23.8 Å². The van der Waals surface area contributed by atoms with Gasteiger partial charge in [0, 0.05) is 22.8 Å². The van der Waals surface area contributed by atoms with Crippen LogP contribution in [-0.4, -0.2) is 5.75 Å². The van der Waals surface area contributed by atoms with Gasteiger partial charge in [-0.1, -0.05) is 0 Å². The summed E-state index contributed by atoms with van der Waals surface area (Å²) >= 11 is 1.86. The number of nitrogen functional groups attached to an aromatic ring is 1. The minimum absolute atomic E-state index is 0.313. The van der Waals surface area contributed by atoms with E-state index in [4.69, 9.17) is 11.0 Å². The number of hydrogen-bond donors (Lipinski definition) is 1. The highest BCUT2D eigenvalue weighted by Gasteiger charge is 2.42. The maximum atomic E-state index is 8.75. The average molecular weight is 232 g/mol. The van der Waals surface area contributed by atoms with Gasteiger partial charge in [0.1, 0.15) is 0 Å². The summed E-state index contributed by atoms with van der Waals surface area (Å²) in [4.78, 5) is 1.29. The fourth-order valence-corrected chi connectivity index (χ4v) is 3.09. The number of nitriles is 1. The van der Waals surface area contributed by atoms with E-state index in [1.54, 1.807) is 0 Å². The molecule has 1 aliphatic rings. The first-order valence-electron chi connectivity index (χ1n) is 5.51. The van der Waals surface area contributed by atoms with Gasteiger partial charge in [-0.25, -0.2) is 0 Å². The van der Waals surface area contributed by atoms with Gasteiger partial charge in [-0.05, 0) is 48.9 Å². The van der Waals surface area contributed by atoms with Gasteiger partial charge < -0.3 is 5.73 Å². The smallest absolute Gasteiger partial charge is 0.0627 e. The molecule has 3 heteroatoms. The van der Waals surface area contributed by atoms with Crippen molar-refractivity contribution in [1.29, 1.82) is 5.26 Å². The molecule has 0 bridgehead atoms. The molecule has 0 aromatic heterocycles. The molecule has 2 rings (SSSR count). The predicted octanol–water partition coefficient (Wildman–Crippen LogP) is 3.36. The van der Waals surface area contributed by atoms with Crippen LogP contribution in [0.2, 0.25) is 0 Å². The number of nitrogens with zero attached hydrogens (tertiary/aromatic N) is 1. The molecule has 16 heavy (non-hydrogen) atoms. The molecule has 1 aromatic carbocycles. The topological polar surface area (TPSA) is 49.8 Å². The van der Waals surface area contributed by atoms with Crippen LogP contribution in [0.1, 0.15) is 24.8 Å². The molecule has 1 aliphatic carbocycles. The molecule has 1 aromatic rings. The van der Waals surface area contributed by atoms with Gasteiger partial charge in [-0.2, -0.15) is 5.26 Å². The summed E-state index contributed by atoms with van der Waals surface area (Å²) in [5.41, 5.74) is 8.08. The first-order chi connectivity index (χ1) is 7.65. The van der Waals surface area contributed by atoms with Crippen LogP contribution in [0, 0.1) is 23.7 Å². The maximum absolute atomic E-state index is 8.75. The summed E-state index contributed by atoms with van der Waals surface area (Å²) in [6, 6.07) is 8.33. The first-order valence-corrected chi connectivity index (χ1v) is 6.50. The summed E-state index contributed by atoms with van der Waals surface area (Å²) < 4.78 is 0. The Balaban J connectivity index is 1.98. The van der Waals surface area contributed by atoms with Crippen LogP contribution in [0.25, 0.3) is 0 Å². The fourth-order valence-electron chi connectivity index (χ4n) is 1.78. The highest BCUT2D eigenvalue weighted by atomic mass is 32.2. The molecule has 0 heterocycles. The van der Waals surface area contributed by atoms with Crippen molar-refractivity contribution in [3.63, 3.8) is 0 Å². The highest BCUT2D eigenvalue weighted by Crippen LogP contribution is 2.51. The Morgan fingerprint density at radius 3 is 2.81 bits per heavy atom. The van der Waals surface area contributed by atoms with E-state index < -0.39 is 0 Å². The van der Waals surface area contributed by atoms with Crippen molar-refractivity contribution in [3.8, 4) is 6.07 Å². The van der Waals surface area contributed by atoms with E-state index in [1.807, 2.05) is 23.9 Å². The lowest BCUT2D eigenvalue weighted by atomic mass is 10.1. The second-order valence-electron chi connectivity index (χ2n) is 4.65. The van der Waals surface area contributed by atoms with E-state index in [0.29, 0.717) is 11.8 Å². The zero-order chi connectivity index (χ0) is 11.6. The second-order valence-corrected chi connectivity index (χ2v) is 5.67. The van der Waals surface area contributed by atoms with Gasteiger partial charge >= 0.3 is 0 Å². The number of rotatable bonds is 4. The van der Waals surface area contributed by atoms with Crippen molar-refractivity contribution in [1.82, 2.24) is 0 Å². The molecule has 0 aliphatic heterocycles. The number of anilines is 1. The molecular weight excluding hydrogens is 216 g/mol. The van der Waals surface area contributed by atoms with E-state index in [-0.39, 0.29) is 0 Å². The van der Waals surface area contributed by atoms with Gasteiger partial charge in [-0.15, -0.1) is 11.8 Å². The fraction of sp³-hybridized carbons (Fsp3) is 0.462. The Hall–Kier alpha value is -1.14. The maximum Gasteiger partial charge on any atom is 0.0627 e. The Morgan fingerprint density at radius 2 is 2.25 bits per heavy atom. The molecule has 0 atom stereocenters. The lowest BCUT2D eigenvalue weighted by molar-refractivity contribution is 0.604. The third-order valence-corrected chi connectivity index (χ3v) is 4.67. The zero-order valence-corrected chi connectivity index (χ0v) is 10.3. The van der Waals surface area contributed by atoms with E-state index in [0.717, 1.165) is 11.4 Å². The molecule has 84 valence electrons. The average Bonchev–Trinajstić information content (AvgIpc) is 2.98. The van der Waals surface area contributed by atoms with Crippen molar-refractivity contribution < 1.29 is 0 Å². The summed E-state index contributed by atoms with van der Waals surface area (Å²) in [6.45, 7) is 2.09. The highest BCUT2D eigenvalue weighted by molar-refractivity contribution is 7.99. The van der Waals surface area contributed by atoms with Crippen LogP contribution in [0.4, 0.5) is 5.69 Å². The summed E-state index contributed by atoms with van der Waals surface area (Å²) in [6.07, 6.45) is 3.12. The second kappa shape index (κ2) is 4.39. The Bertz CT molecular complexity index is 430. The predicted molar refractivity (Wildman–Crippen MR) is 68.2 cm³/mol. The number of aryl methyl sites for hydroxylation is 1. The standard InChI is InChI=1S/C13H16N2S/c1-10-8-11(15)2-3-12(10)16-9-13(4-5-13)6-7-14/h2-3,8H,4-6,9,15H2,1H3. The molecule has 0 amide bonds. The van der Waals surface area contributed by atoms with Gasteiger partial charge in [0.25, 0.3) is 0 Å². The van der Waals surface area contributed by atoms with Crippen LogP contribution in [0.5, 0.6) is 0 Å². The lowest BCUT2D eigenvalue weighted by Gasteiger charge is -2.11. The zero-order valence-electron chi connectivity index (χ0n) is 9.49. The number of hydrogen-bond acceptors (Lipinski definition) is 3. The summed E-state index contributed by atoms with van der Waals surface area (Å²) in [5.74, 6) is 1.06. The van der Waals surface area contributed by atoms with Crippen molar-refractivity contribution in [2.75, 3.05) is 11.5 Å². The SMILES string of the molecule is Cc1cc(N)ccc1SCC1(CC#N)CC1. The number of benzene rings is 1. The van der Waals surface area contributed by atoms with E-state index in [2.05, 4.69) is 19.1 Å². The van der Waals surface area contributed by atoms with Crippen LogP contribution in [-0.2, 0) is 0 Å². The molecule has 0 unspecified atom stereocenters. The minimum atomic E-state index is 0.313. The van der Waals surface area contributed by atoms with E-state index in [9.17, 15) is 0 Å². The molecule has 0 spiro atoms. The Labute approximate surface area is 101 Å². The molecule has 0 radical (unpaired) electrons. The van der Waals surface area contributed by atoms with Crippen LogP contribution in [0.3, 0.4) is 0 Å². The van der Waals surface area contributed by atoms with Crippen molar-refractivity contribution in [2.45, 2.75) is 31.1 Å². The van der Waals surface area contributed by atoms with Gasteiger partial charge in [0.05, 0.1) is 6.07 Å². The molecule has 2 N–H and O–H groups in total. The summed E-state index contributed by atoms with van der Waals surface area (Å²) in [7, 11) is 0. The molecular formula is C13H16N2S. The quantitative estimate of drug-likeness (QED) is 0.639. The molecule has 2 nitrogen and oxygen atoms in total.